The first kappa shape index (κ1) is 18.6. The molecule has 0 spiro atoms. The largest absolute Gasteiger partial charge is 0.461 e. The van der Waals surface area contributed by atoms with Gasteiger partial charge in [0, 0.05) is 13.2 Å². The fourth-order valence-corrected chi connectivity index (χ4v) is 1.91. The number of ether oxygens (including phenoxy) is 1. The molecule has 0 fully saturated rings. The molecule has 0 bridgehead atoms. The van der Waals surface area contributed by atoms with Crippen molar-refractivity contribution in [1.82, 2.24) is 9.78 Å². The summed E-state index contributed by atoms with van der Waals surface area (Å²) >= 11 is 0. The van der Waals surface area contributed by atoms with Crippen molar-refractivity contribution in [3.05, 3.63) is 42.2 Å². The number of benzene rings is 1. The lowest BCUT2D eigenvalue weighted by Gasteiger charge is -2.25. The zero-order valence-electron chi connectivity index (χ0n) is 12.5. The highest BCUT2D eigenvalue weighted by molar-refractivity contribution is 6.06. The van der Waals surface area contributed by atoms with E-state index in [4.69, 9.17) is 0 Å². The summed E-state index contributed by atoms with van der Waals surface area (Å²) in [7, 11) is 1.43. The van der Waals surface area contributed by atoms with Gasteiger partial charge in [-0.25, -0.2) is 4.90 Å². The highest BCUT2D eigenvalue weighted by atomic mass is 19.3. The molecule has 11 heteroatoms. The van der Waals surface area contributed by atoms with Gasteiger partial charge in [-0.2, -0.15) is 31.4 Å². The Balaban J connectivity index is 2.44. The second-order valence-corrected chi connectivity index (χ2v) is 4.79. The molecule has 0 unspecified atom stereocenters. The van der Waals surface area contributed by atoms with E-state index in [2.05, 4.69) is 9.84 Å². The van der Waals surface area contributed by atoms with Crippen LogP contribution in [0.1, 0.15) is 10.4 Å². The summed E-state index contributed by atoms with van der Waals surface area (Å²) in [6.07, 6.45) is -6.97. The van der Waals surface area contributed by atoms with E-state index in [1.165, 1.54) is 11.7 Å². The number of aryl methyl sites for hydroxylation is 1. The molecule has 0 aliphatic rings. The Morgan fingerprint density at radius 3 is 2.40 bits per heavy atom. The third-order valence-corrected chi connectivity index (χ3v) is 2.99. The Morgan fingerprint density at radius 1 is 1.24 bits per heavy atom. The van der Waals surface area contributed by atoms with E-state index in [9.17, 15) is 31.1 Å². The summed E-state index contributed by atoms with van der Waals surface area (Å²) in [5, 5.41) is 3.65. The molecule has 1 heterocycles. The normalized spacial score (nSPS) is 11.9. The van der Waals surface area contributed by atoms with Gasteiger partial charge in [0.25, 0.3) is 5.91 Å². The van der Waals surface area contributed by atoms with E-state index < -0.39 is 36.4 Å². The minimum atomic E-state index is -4.92. The predicted molar refractivity (Wildman–Crippen MR) is 74.0 cm³/mol. The van der Waals surface area contributed by atoms with Crippen LogP contribution < -0.4 is 9.64 Å². The summed E-state index contributed by atoms with van der Waals surface area (Å²) in [6, 6.07) is 3.92. The SMILES string of the molecule is Cn1cc(C(=O)N(c2ccccc2OC(F)(F)C(F)F)C(F)F)cn1. The number of hydrogen-bond donors (Lipinski definition) is 0. The van der Waals surface area contributed by atoms with Crippen molar-refractivity contribution in [3.8, 4) is 5.75 Å². The number of carbonyl (C=O) groups excluding carboxylic acids is 1. The van der Waals surface area contributed by atoms with Crippen LogP contribution in [0.4, 0.5) is 32.0 Å². The Bertz CT molecular complexity index is 750. The third-order valence-electron chi connectivity index (χ3n) is 2.99. The number of nitrogens with zero attached hydrogens (tertiary/aromatic N) is 3. The first-order chi connectivity index (χ1) is 11.6. The molecule has 0 aliphatic heterocycles. The number of amides is 1. The van der Waals surface area contributed by atoms with Crippen LogP contribution >= 0.6 is 0 Å². The number of anilines is 1. The molecular formula is C14H11F6N3O2. The van der Waals surface area contributed by atoms with Gasteiger partial charge in [-0.3, -0.25) is 9.48 Å². The lowest BCUT2D eigenvalue weighted by atomic mass is 10.2. The monoisotopic (exact) mass is 367 g/mol. The summed E-state index contributed by atoms with van der Waals surface area (Å²) in [4.78, 5) is 12.1. The quantitative estimate of drug-likeness (QED) is 0.580. The molecule has 0 aliphatic carbocycles. The molecule has 0 N–H and O–H groups in total. The molecule has 136 valence electrons. The maximum absolute atomic E-state index is 13.4. The molecular weight excluding hydrogens is 356 g/mol. The smallest absolute Gasteiger partial charge is 0.426 e. The fourth-order valence-electron chi connectivity index (χ4n) is 1.91. The number of aromatic nitrogens is 2. The van der Waals surface area contributed by atoms with Gasteiger partial charge in [0.05, 0.1) is 17.4 Å². The van der Waals surface area contributed by atoms with Crippen LogP contribution in [0.25, 0.3) is 0 Å². The molecule has 0 atom stereocenters. The maximum Gasteiger partial charge on any atom is 0.461 e. The van der Waals surface area contributed by atoms with Crippen LogP contribution in [0.15, 0.2) is 36.7 Å². The molecule has 2 aromatic rings. The Labute approximate surface area is 137 Å². The van der Waals surface area contributed by atoms with Gasteiger partial charge in [0.1, 0.15) is 0 Å². The highest BCUT2D eigenvalue weighted by Crippen LogP contribution is 2.36. The molecule has 0 saturated carbocycles. The fraction of sp³-hybridized carbons (Fsp3) is 0.286. The summed E-state index contributed by atoms with van der Waals surface area (Å²) in [6.45, 7) is -3.45. The Kier molecular flexibility index (Phi) is 5.24. The molecule has 1 amide bonds. The number of rotatable bonds is 6. The molecule has 0 radical (unpaired) electrons. The third kappa shape index (κ3) is 4.03. The van der Waals surface area contributed by atoms with Crippen LogP contribution in [-0.4, -0.2) is 34.8 Å². The zero-order valence-corrected chi connectivity index (χ0v) is 12.5. The number of carbonyl (C=O) groups is 1. The minimum Gasteiger partial charge on any atom is -0.426 e. The number of para-hydroxylation sites is 2. The Morgan fingerprint density at radius 2 is 1.88 bits per heavy atom. The first-order valence-electron chi connectivity index (χ1n) is 6.68. The second kappa shape index (κ2) is 7.03. The molecule has 0 saturated heterocycles. The van der Waals surface area contributed by atoms with Gasteiger partial charge in [-0.15, -0.1) is 0 Å². The van der Waals surface area contributed by atoms with Gasteiger partial charge < -0.3 is 4.74 Å². The van der Waals surface area contributed by atoms with E-state index in [-0.39, 0.29) is 10.5 Å². The van der Waals surface area contributed by atoms with Crippen molar-refractivity contribution < 1.29 is 35.9 Å². The lowest BCUT2D eigenvalue weighted by Crippen LogP contribution is -2.38. The number of halogens is 6. The van der Waals surface area contributed by atoms with Crippen LogP contribution in [0.2, 0.25) is 0 Å². The van der Waals surface area contributed by atoms with Gasteiger partial charge in [0.2, 0.25) is 0 Å². The molecule has 25 heavy (non-hydrogen) atoms. The molecule has 1 aromatic heterocycles. The van der Waals surface area contributed by atoms with Gasteiger partial charge in [-0.05, 0) is 12.1 Å². The second-order valence-electron chi connectivity index (χ2n) is 4.79. The number of hydrogen-bond acceptors (Lipinski definition) is 3. The van der Waals surface area contributed by atoms with Gasteiger partial charge >= 0.3 is 19.1 Å². The predicted octanol–water partition coefficient (Wildman–Crippen LogP) is 3.53. The van der Waals surface area contributed by atoms with Crippen LogP contribution in [-0.2, 0) is 7.05 Å². The van der Waals surface area contributed by atoms with E-state index >= 15 is 0 Å². The first-order valence-corrected chi connectivity index (χ1v) is 6.68. The van der Waals surface area contributed by atoms with Crippen LogP contribution in [0, 0.1) is 0 Å². The van der Waals surface area contributed by atoms with E-state index in [0.29, 0.717) is 0 Å². The zero-order chi connectivity index (χ0) is 18.8. The van der Waals surface area contributed by atoms with Gasteiger partial charge in [0.15, 0.2) is 5.75 Å². The summed E-state index contributed by atoms with van der Waals surface area (Å²) in [5.41, 5.74) is -1.04. The highest BCUT2D eigenvalue weighted by Gasteiger charge is 2.45. The summed E-state index contributed by atoms with van der Waals surface area (Å²) in [5.74, 6) is -2.26. The van der Waals surface area contributed by atoms with E-state index in [0.717, 1.165) is 36.7 Å². The topological polar surface area (TPSA) is 47.4 Å². The molecule has 5 nitrogen and oxygen atoms in total. The van der Waals surface area contributed by atoms with Crippen LogP contribution in [0.5, 0.6) is 5.75 Å². The standard InChI is InChI=1S/C14H11F6N3O2/c1-22-7-8(6-21-22)11(24)23(13(17)18)9-4-2-3-5-10(9)25-14(19,20)12(15)16/h2-7,12-13H,1H3. The maximum atomic E-state index is 13.4. The average Bonchev–Trinajstić information content (AvgIpc) is 2.95. The number of alkyl halides is 6. The van der Waals surface area contributed by atoms with Crippen molar-refractivity contribution in [2.45, 2.75) is 19.1 Å². The minimum absolute atomic E-state index is 0.145. The van der Waals surface area contributed by atoms with Crippen molar-refractivity contribution in [3.63, 3.8) is 0 Å². The lowest BCUT2D eigenvalue weighted by molar-refractivity contribution is -0.253. The average molecular weight is 367 g/mol. The van der Waals surface area contributed by atoms with Gasteiger partial charge in [-0.1, -0.05) is 12.1 Å². The Hall–Kier alpha value is -2.72. The van der Waals surface area contributed by atoms with Crippen LogP contribution in [0.3, 0.4) is 0 Å². The van der Waals surface area contributed by atoms with Crippen molar-refractivity contribution in [1.29, 1.82) is 0 Å². The summed E-state index contributed by atoms with van der Waals surface area (Å²) < 4.78 is 82.7. The van der Waals surface area contributed by atoms with E-state index in [1.807, 2.05) is 0 Å². The molecule has 2 rings (SSSR count). The van der Waals surface area contributed by atoms with Crippen molar-refractivity contribution in [2.24, 2.45) is 7.05 Å². The van der Waals surface area contributed by atoms with Crippen molar-refractivity contribution in [2.75, 3.05) is 4.90 Å². The van der Waals surface area contributed by atoms with Crippen molar-refractivity contribution >= 4 is 11.6 Å². The van der Waals surface area contributed by atoms with E-state index in [1.54, 1.807) is 0 Å². The molecule has 1 aromatic carbocycles.